The van der Waals surface area contributed by atoms with Crippen molar-refractivity contribution in [2.75, 3.05) is 13.1 Å². The van der Waals surface area contributed by atoms with Gasteiger partial charge in [-0.05, 0) is 48.1 Å². The van der Waals surface area contributed by atoms with Gasteiger partial charge in [0.2, 0.25) is 11.8 Å². The predicted octanol–water partition coefficient (Wildman–Crippen LogP) is 3.40. The van der Waals surface area contributed by atoms with Gasteiger partial charge in [0, 0.05) is 25.7 Å². The molecule has 4 N–H and O–H groups in total. The van der Waals surface area contributed by atoms with Crippen molar-refractivity contribution < 1.29 is 23.5 Å². The van der Waals surface area contributed by atoms with Crippen LogP contribution in [0.15, 0.2) is 42.5 Å². The molecule has 2 atom stereocenters. The highest BCUT2D eigenvalue weighted by Crippen LogP contribution is 2.12. The van der Waals surface area contributed by atoms with Gasteiger partial charge in [0.15, 0.2) is 0 Å². The van der Waals surface area contributed by atoms with Gasteiger partial charge in [-0.15, -0.1) is 0 Å². The highest BCUT2D eigenvalue weighted by atomic mass is 19.1. The molecule has 2 amide bonds. The van der Waals surface area contributed by atoms with Gasteiger partial charge < -0.3 is 21.1 Å². The molecule has 0 aliphatic carbocycles. The highest BCUT2D eigenvalue weighted by Gasteiger charge is 2.23. The van der Waals surface area contributed by atoms with Crippen LogP contribution in [-0.4, -0.2) is 42.2 Å². The third-order valence-electron chi connectivity index (χ3n) is 5.69. The molecule has 0 spiro atoms. The Balaban J connectivity index is 1.98. The summed E-state index contributed by atoms with van der Waals surface area (Å²) in [4.78, 5) is 24.5. The summed E-state index contributed by atoms with van der Waals surface area (Å²) in [7, 11) is 0. The summed E-state index contributed by atoms with van der Waals surface area (Å²) >= 11 is 0. The Morgan fingerprint density at radius 1 is 0.943 bits per heavy atom. The number of carbonyl (C=O) groups is 2. The fraction of sp³-hybridized carbons (Fsp3) is 0.481. The molecule has 6 nitrogen and oxygen atoms in total. The number of hydrogen-bond donors (Lipinski definition) is 4. The van der Waals surface area contributed by atoms with E-state index in [0.29, 0.717) is 18.7 Å². The van der Waals surface area contributed by atoms with Crippen LogP contribution in [0.3, 0.4) is 0 Å². The standard InChI is InChI=1S/C27H37F2N3O3/c1-3-5-6-10-31-26(34)16-27(35)32-24(14-21-12-22(28)15-23(29)13-21)25(33)18-30-17-20-9-7-8-19(4-2)11-20/h7-9,11-13,15,24-25,30,33H,3-6,10,14,16-18H2,1-2H3,(H,31,34)(H,32,35)/t24-,25+/m0/s1. The number of carbonyl (C=O) groups excluding carboxylic acids is 2. The van der Waals surface area contributed by atoms with Crippen LogP contribution in [-0.2, 0) is 29.0 Å². The molecule has 2 rings (SSSR count). The van der Waals surface area contributed by atoms with E-state index in [9.17, 15) is 23.5 Å². The summed E-state index contributed by atoms with van der Waals surface area (Å²) in [5, 5.41) is 19.3. The normalized spacial score (nSPS) is 12.7. The van der Waals surface area contributed by atoms with Gasteiger partial charge in [-0.1, -0.05) is 51.0 Å². The number of unbranched alkanes of at least 4 members (excludes halogenated alkanes) is 2. The first kappa shape index (κ1) is 28.4. The minimum absolute atomic E-state index is 0.00665. The molecular weight excluding hydrogens is 452 g/mol. The molecule has 0 heterocycles. The van der Waals surface area contributed by atoms with E-state index >= 15 is 0 Å². The van der Waals surface area contributed by atoms with E-state index in [1.54, 1.807) is 0 Å². The minimum atomic E-state index is -1.05. The number of nitrogens with one attached hydrogen (secondary N) is 3. The summed E-state index contributed by atoms with van der Waals surface area (Å²) in [6.45, 7) is 5.28. The number of halogens is 2. The molecule has 0 radical (unpaired) electrons. The summed E-state index contributed by atoms with van der Waals surface area (Å²) in [5.41, 5.74) is 2.56. The molecule has 0 aliphatic heterocycles. The van der Waals surface area contributed by atoms with Gasteiger partial charge in [-0.3, -0.25) is 9.59 Å². The predicted molar refractivity (Wildman–Crippen MR) is 133 cm³/mol. The summed E-state index contributed by atoms with van der Waals surface area (Å²) < 4.78 is 27.4. The largest absolute Gasteiger partial charge is 0.390 e. The van der Waals surface area contributed by atoms with Gasteiger partial charge in [0.1, 0.15) is 18.1 Å². The molecule has 0 aliphatic rings. The zero-order valence-electron chi connectivity index (χ0n) is 20.6. The molecule has 0 fully saturated rings. The second kappa shape index (κ2) is 15.2. The lowest BCUT2D eigenvalue weighted by Gasteiger charge is -2.25. The van der Waals surface area contributed by atoms with Crippen molar-refractivity contribution in [3.05, 3.63) is 70.8 Å². The maximum Gasteiger partial charge on any atom is 0.229 e. The molecule has 0 saturated carbocycles. The smallest absolute Gasteiger partial charge is 0.229 e. The Labute approximate surface area is 206 Å². The molecule has 0 unspecified atom stereocenters. The van der Waals surface area contributed by atoms with Crippen molar-refractivity contribution in [3.8, 4) is 0 Å². The number of hydrogen-bond acceptors (Lipinski definition) is 4. The molecule has 8 heteroatoms. The van der Waals surface area contributed by atoms with Crippen molar-refractivity contribution >= 4 is 11.8 Å². The number of amides is 2. The Bertz CT molecular complexity index is 935. The molecule has 0 bridgehead atoms. The first-order valence-electron chi connectivity index (χ1n) is 12.3. The fourth-order valence-corrected chi connectivity index (χ4v) is 3.80. The number of aliphatic hydroxyl groups is 1. The summed E-state index contributed by atoms with van der Waals surface area (Å²) in [6, 6.07) is 10.3. The Morgan fingerprint density at radius 2 is 1.66 bits per heavy atom. The van der Waals surface area contributed by atoms with Gasteiger partial charge in [0.05, 0.1) is 12.1 Å². The first-order valence-corrected chi connectivity index (χ1v) is 12.3. The molecule has 2 aromatic carbocycles. The molecule has 0 saturated heterocycles. The molecule has 192 valence electrons. The first-order chi connectivity index (χ1) is 16.8. The topological polar surface area (TPSA) is 90.5 Å². The summed E-state index contributed by atoms with van der Waals surface area (Å²) in [5.74, 6) is -2.44. The van der Waals surface area contributed by atoms with E-state index in [-0.39, 0.29) is 19.4 Å². The van der Waals surface area contributed by atoms with E-state index in [2.05, 4.69) is 35.9 Å². The van der Waals surface area contributed by atoms with Crippen molar-refractivity contribution in [1.82, 2.24) is 16.0 Å². The number of aliphatic hydroxyl groups excluding tert-OH is 1. The maximum atomic E-state index is 13.7. The van der Waals surface area contributed by atoms with E-state index < -0.39 is 35.6 Å². The van der Waals surface area contributed by atoms with Gasteiger partial charge in [-0.2, -0.15) is 0 Å². The van der Waals surface area contributed by atoms with Crippen LogP contribution < -0.4 is 16.0 Å². The number of benzene rings is 2. The average molecular weight is 490 g/mol. The SMILES string of the molecule is CCCCCNC(=O)CC(=O)N[C@@H](Cc1cc(F)cc(F)c1)[C@H](O)CNCc1cccc(CC)c1. The van der Waals surface area contributed by atoms with Crippen molar-refractivity contribution in [2.24, 2.45) is 0 Å². The zero-order chi connectivity index (χ0) is 25.6. The third-order valence-corrected chi connectivity index (χ3v) is 5.69. The van der Waals surface area contributed by atoms with Crippen LogP contribution in [0, 0.1) is 11.6 Å². The second-order valence-electron chi connectivity index (χ2n) is 8.76. The van der Waals surface area contributed by atoms with E-state index in [1.165, 1.54) is 17.7 Å². The van der Waals surface area contributed by atoms with Gasteiger partial charge >= 0.3 is 0 Å². The van der Waals surface area contributed by atoms with Crippen LogP contribution >= 0.6 is 0 Å². The second-order valence-corrected chi connectivity index (χ2v) is 8.76. The average Bonchev–Trinajstić information content (AvgIpc) is 2.81. The van der Waals surface area contributed by atoms with Crippen LogP contribution in [0.1, 0.15) is 56.2 Å². The Kier molecular flexibility index (Phi) is 12.3. The minimum Gasteiger partial charge on any atom is -0.390 e. The quantitative estimate of drug-likeness (QED) is 0.228. The van der Waals surface area contributed by atoms with Gasteiger partial charge in [0.25, 0.3) is 0 Å². The number of rotatable bonds is 15. The van der Waals surface area contributed by atoms with Crippen molar-refractivity contribution in [3.63, 3.8) is 0 Å². The van der Waals surface area contributed by atoms with Crippen LogP contribution in [0.5, 0.6) is 0 Å². The van der Waals surface area contributed by atoms with Crippen molar-refractivity contribution in [2.45, 2.75) is 71.1 Å². The van der Waals surface area contributed by atoms with Crippen molar-refractivity contribution in [1.29, 1.82) is 0 Å². The number of aryl methyl sites for hydroxylation is 1. The van der Waals surface area contributed by atoms with E-state index in [4.69, 9.17) is 0 Å². The molecule has 0 aromatic heterocycles. The van der Waals surface area contributed by atoms with Crippen LogP contribution in [0.25, 0.3) is 0 Å². The lowest BCUT2D eigenvalue weighted by atomic mass is 10.00. The highest BCUT2D eigenvalue weighted by molar-refractivity contribution is 5.97. The maximum absolute atomic E-state index is 13.7. The van der Waals surface area contributed by atoms with Crippen LogP contribution in [0.2, 0.25) is 0 Å². The molecule has 35 heavy (non-hydrogen) atoms. The Hall–Kier alpha value is -2.84. The molecular formula is C27H37F2N3O3. The van der Waals surface area contributed by atoms with Gasteiger partial charge in [-0.25, -0.2) is 8.78 Å². The third kappa shape index (κ3) is 11.0. The zero-order valence-corrected chi connectivity index (χ0v) is 20.6. The Morgan fingerprint density at radius 3 is 2.34 bits per heavy atom. The lowest BCUT2D eigenvalue weighted by molar-refractivity contribution is -0.130. The van der Waals surface area contributed by atoms with E-state index in [0.717, 1.165) is 37.3 Å². The van der Waals surface area contributed by atoms with E-state index in [1.807, 2.05) is 18.2 Å². The fourth-order valence-electron chi connectivity index (χ4n) is 3.80. The summed E-state index contributed by atoms with van der Waals surface area (Å²) in [6.07, 6.45) is 2.34. The lowest BCUT2D eigenvalue weighted by Crippen LogP contribution is -2.49. The monoisotopic (exact) mass is 489 g/mol. The van der Waals surface area contributed by atoms with Crippen LogP contribution in [0.4, 0.5) is 8.78 Å². The molecule has 2 aromatic rings.